The minimum absolute atomic E-state index is 0.0804. The number of carbonyl (C=O) groups excluding carboxylic acids is 2. The van der Waals surface area contributed by atoms with Crippen LogP contribution in [0.5, 0.6) is 0 Å². The van der Waals surface area contributed by atoms with Crippen molar-refractivity contribution in [1.29, 1.82) is 0 Å². The van der Waals surface area contributed by atoms with E-state index in [9.17, 15) is 9.59 Å². The molecule has 0 aliphatic heterocycles. The third-order valence-corrected chi connectivity index (χ3v) is 3.33. The van der Waals surface area contributed by atoms with Gasteiger partial charge in [-0.1, -0.05) is 24.3 Å². The molecule has 88 valence electrons. The van der Waals surface area contributed by atoms with E-state index >= 15 is 0 Å². The van der Waals surface area contributed by atoms with Gasteiger partial charge in [0.2, 0.25) is 0 Å². The molecule has 0 spiro atoms. The van der Waals surface area contributed by atoms with Crippen molar-refractivity contribution in [2.75, 3.05) is 0 Å². The maximum atomic E-state index is 12.4. The molecule has 0 atom stereocenters. The van der Waals surface area contributed by atoms with Gasteiger partial charge in [0.25, 0.3) is 0 Å². The Balaban J connectivity index is 2.41. The molecule has 3 rings (SSSR count). The zero-order valence-corrected chi connectivity index (χ0v) is 10.2. The normalized spacial score (nSPS) is 13.2. The van der Waals surface area contributed by atoms with E-state index in [4.69, 9.17) is 0 Å². The molecule has 1 aliphatic rings. The van der Waals surface area contributed by atoms with Crippen molar-refractivity contribution >= 4 is 11.6 Å². The number of nitrogens with zero attached hydrogens (tertiary/aromatic N) is 1. The number of pyridine rings is 1. The van der Waals surface area contributed by atoms with Crippen molar-refractivity contribution in [3.05, 3.63) is 64.0 Å². The third kappa shape index (κ3) is 1.27. The highest BCUT2D eigenvalue weighted by molar-refractivity contribution is 6.29. The number of carbonyl (C=O) groups is 2. The first-order valence-corrected chi connectivity index (χ1v) is 5.76. The number of fused-ring (bicyclic) bond motifs is 2. The van der Waals surface area contributed by atoms with Crippen molar-refractivity contribution < 1.29 is 9.59 Å². The first kappa shape index (κ1) is 10.8. The molecule has 0 bridgehead atoms. The highest BCUT2D eigenvalue weighted by Gasteiger charge is 2.32. The number of rotatable bonds is 0. The molecule has 3 heteroatoms. The van der Waals surface area contributed by atoms with E-state index in [2.05, 4.69) is 4.98 Å². The molecule has 1 aromatic carbocycles. The lowest BCUT2D eigenvalue weighted by atomic mass is 9.82. The minimum atomic E-state index is -0.103. The van der Waals surface area contributed by atoms with Gasteiger partial charge in [-0.15, -0.1) is 0 Å². The van der Waals surface area contributed by atoms with Crippen LogP contribution >= 0.6 is 0 Å². The van der Waals surface area contributed by atoms with Gasteiger partial charge in [-0.05, 0) is 19.4 Å². The van der Waals surface area contributed by atoms with E-state index in [0.717, 1.165) is 5.56 Å². The lowest BCUT2D eigenvalue weighted by Crippen LogP contribution is -2.23. The topological polar surface area (TPSA) is 47.0 Å². The number of ketones is 2. The average molecular weight is 237 g/mol. The van der Waals surface area contributed by atoms with Gasteiger partial charge in [0.15, 0.2) is 11.6 Å². The predicted octanol–water partition coefficient (Wildman–Crippen LogP) is 2.47. The zero-order valence-electron chi connectivity index (χ0n) is 10.2. The lowest BCUT2D eigenvalue weighted by molar-refractivity contribution is 0.0977. The predicted molar refractivity (Wildman–Crippen MR) is 67.0 cm³/mol. The second-order valence-electron chi connectivity index (χ2n) is 4.48. The summed E-state index contributed by atoms with van der Waals surface area (Å²) in [6.07, 6.45) is 1.65. The first-order valence-electron chi connectivity index (χ1n) is 5.76. The minimum Gasteiger partial charge on any atom is -0.289 e. The Kier molecular flexibility index (Phi) is 2.17. The first-order chi connectivity index (χ1) is 8.61. The highest BCUT2D eigenvalue weighted by Crippen LogP contribution is 2.30. The van der Waals surface area contributed by atoms with Gasteiger partial charge in [0, 0.05) is 28.6 Å². The standard InChI is InChI=1S/C15H11NO2/c1-8-7-16-9(2)13-12(8)14(17)10-5-3-4-6-11(10)15(13)18/h3-7H,1-2H3. The quantitative estimate of drug-likeness (QED) is 0.603. The summed E-state index contributed by atoms with van der Waals surface area (Å²) in [7, 11) is 0. The molecule has 1 aliphatic carbocycles. The van der Waals surface area contributed by atoms with Crippen LogP contribution in [0, 0.1) is 13.8 Å². The molecular formula is C15H11NO2. The maximum Gasteiger partial charge on any atom is 0.196 e. The van der Waals surface area contributed by atoms with E-state index < -0.39 is 0 Å². The number of hydrogen-bond donors (Lipinski definition) is 0. The van der Waals surface area contributed by atoms with Crippen LogP contribution in [0.15, 0.2) is 30.5 Å². The van der Waals surface area contributed by atoms with Gasteiger partial charge in [0.05, 0.1) is 5.56 Å². The fourth-order valence-corrected chi connectivity index (χ4v) is 2.42. The van der Waals surface area contributed by atoms with Crippen LogP contribution < -0.4 is 0 Å². The molecule has 3 nitrogen and oxygen atoms in total. The lowest BCUT2D eigenvalue weighted by Gasteiger charge is -2.19. The van der Waals surface area contributed by atoms with E-state index in [0.29, 0.717) is 27.9 Å². The van der Waals surface area contributed by atoms with E-state index in [1.54, 1.807) is 37.4 Å². The van der Waals surface area contributed by atoms with Gasteiger partial charge in [0.1, 0.15) is 0 Å². The van der Waals surface area contributed by atoms with Crippen LogP contribution in [0.1, 0.15) is 43.1 Å². The van der Waals surface area contributed by atoms with Crippen LogP contribution in [0.3, 0.4) is 0 Å². The van der Waals surface area contributed by atoms with Gasteiger partial charge < -0.3 is 0 Å². The number of benzene rings is 1. The molecule has 2 aromatic rings. The Labute approximate surface area is 104 Å². The van der Waals surface area contributed by atoms with E-state index in [-0.39, 0.29) is 11.6 Å². The molecule has 0 N–H and O–H groups in total. The largest absolute Gasteiger partial charge is 0.289 e. The second kappa shape index (κ2) is 3.60. The summed E-state index contributed by atoms with van der Waals surface area (Å²) >= 11 is 0. The van der Waals surface area contributed by atoms with Crippen molar-refractivity contribution in [2.45, 2.75) is 13.8 Å². The number of hydrogen-bond acceptors (Lipinski definition) is 3. The van der Waals surface area contributed by atoms with Crippen molar-refractivity contribution in [3.63, 3.8) is 0 Å². The molecule has 1 heterocycles. The average Bonchev–Trinajstić information content (AvgIpc) is 2.38. The second-order valence-corrected chi connectivity index (χ2v) is 4.48. The molecule has 0 saturated carbocycles. The fourth-order valence-electron chi connectivity index (χ4n) is 2.42. The van der Waals surface area contributed by atoms with Crippen LogP contribution in [0.2, 0.25) is 0 Å². The molecule has 18 heavy (non-hydrogen) atoms. The molecule has 1 aromatic heterocycles. The summed E-state index contributed by atoms with van der Waals surface area (Å²) in [5.74, 6) is -0.183. The number of aromatic nitrogens is 1. The molecule has 0 radical (unpaired) electrons. The Morgan fingerprint density at radius 2 is 1.44 bits per heavy atom. The monoisotopic (exact) mass is 237 g/mol. The summed E-state index contributed by atoms with van der Waals surface area (Å²) in [4.78, 5) is 29.1. The summed E-state index contributed by atoms with van der Waals surface area (Å²) in [6, 6.07) is 6.94. The van der Waals surface area contributed by atoms with Gasteiger partial charge in [-0.2, -0.15) is 0 Å². The summed E-state index contributed by atoms with van der Waals surface area (Å²) in [5, 5.41) is 0. The van der Waals surface area contributed by atoms with Crippen LogP contribution in [0.4, 0.5) is 0 Å². The molecular weight excluding hydrogens is 226 g/mol. The Hall–Kier alpha value is -2.29. The van der Waals surface area contributed by atoms with E-state index in [1.807, 2.05) is 6.92 Å². The van der Waals surface area contributed by atoms with Crippen molar-refractivity contribution in [2.24, 2.45) is 0 Å². The van der Waals surface area contributed by atoms with Crippen LogP contribution in [-0.4, -0.2) is 16.6 Å². The summed E-state index contributed by atoms with van der Waals surface area (Å²) in [6.45, 7) is 3.57. The van der Waals surface area contributed by atoms with Gasteiger partial charge in [-0.25, -0.2) is 0 Å². The van der Waals surface area contributed by atoms with Gasteiger partial charge in [-0.3, -0.25) is 14.6 Å². The van der Waals surface area contributed by atoms with Crippen LogP contribution in [0.25, 0.3) is 0 Å². The Morgan fingerprint density at radius 3 is 2.06 bits per heavy atom. The zero-order chi connectivity index (χ0) is 12.9. The smallest absolute Gasteiger partial charge is 0.196 e. The number of aryl methyl sites for hydroxylation is 2. The highest BCUT2D eigenvalue weighted by atomic mass is 16.1. The molecule has 0 fully saturated rings. The van der Waals surface area contributed by atoms with Crippen LogP contribution in [-0.2, 0) is 0 Å². The fraction of sp³-hybridized carbons (Fsp3) is 0.133. The summed E-state index contributed by atoms with van der Waals surface area (Å²) < 4.78 is 0. The summed E-state index contributed by atoms with van der Waals surface area (Å²) in [5.41, 5.74) is 3.30. The molecule has 0 saturated heterocycles. The molecule has 0 amide bonds. The molecule has 0 unspecified atom stereocenters. The van der Waals surface area contributed by atoms with Crippen molar-refractivity contribution in [1.82, 2.24) is 4.98 Å². The van der Waals surface area contributed by atoms with Gasteiger partial charge >= 0.3 is 0 Å². The maximum absolute atomic E-state index is 12.4. The third-order valence-electron chi connectivity index (χ3n) is 3.33. The van der Waals surface area contributed by atoms with E-state index in [1.165, 1.54) is 0 Å². The Morgan fingerprint density at radius 1 is 0.889 bits per heavy atom. The SMILES string of the molecule is Cc1cnc(C)c2c1C(=O)c1ccccc1C2=O. The van der Waals surface area contributed by atoms with Crippen molar-refractivity contribution in [3.8, 4) is 0 Å². The Bertz CT molecular complexity index is 642.